The number of aromatic nitrogens is 1. The molecule has 0 spiro atoms. The highest BCUT2D eigenvalue weighted by Gasteiger charge is 2.32. The van der Waals surface area contributed by atoms with Crippen LogP contribution in [0.2, 0.25) is 5.02 Å². The number of piperazine rings is 1. The monoisotopic (exact) mass is 605 g/mol. The van der Waals surface area contributed by atoms with E-state index in [-0.39, 0.29) is 46.6 Å². The molecule has 2 amide bonds. The Morgan fingerprint density at radius 1 is 1.28 bits per heavy atom. The molecule has 1 unspecified atom stereocenters. The maximum atomic E-state index is 15.0. The van der Waals surface area contributed by atoms with Crippen molar-refractivity contribution in [1.82, 2.24) is 14.8 Å². The second kappa shape index (κ2) is 13.5. The van der Waals surface area contributed by atoms with Crippen LogP contribution in [0.25, 0.3) is 11.3 Å². The largest absolute Gasteiger partial charge is 0.392 e. The summed E-state index contributed by atoms with van der Waals surface area (Å²) in [4.78, 5) is 40.1. The summed E-state index contributed by atoms with van der Waals surface area (Å²) >= 11 is 6.81. The molecule has 2 heterocycles. The molecule has 0 bridgehead atoms. The molecule has 2 aromatic carbocycles. The summed E-state index contributed by atoms with van der Waals surface area (Å²) in [6.07, 6.45) is 1.99. The molecule has 1 aliphatic rings. The molecule has 1 aromatic heterocycles. The lowest BCUT2D eigenvalue weighted by Crippen LogP contribution is -2.55. The third-order valence-corrected chi connectivity index (χ3v) is 7.98. The average Bonchev–Trinajstić information content (AvgIpc) is 2.99. The molecule has 226 valence electrons. The van der Waals surface area contributed by atoms with Gasteiger partial charge < -0.3 is 14.9 Å². The maximum absolute atomic E-state index is 15.0. The Balaban J connectivity index is 1.97. The highest BCUT2D eigenvalue weighted by Crippen LogP contribution is 2.40. The summed E-state index contributed by atoms with van der Waals surface area (Å²) in [6, 6.07) is 11.5. The van der Waals surface area contributed by atoms with Gasteiger partial charge in [0.2, 0.25) is 12.3 Å². The van der Waals surface area contributed by atoms with Crippen molar-refractivity contribution in [1.29, 1.82) is 0 Å². The molecule has 0 saturated carbocycles. The van der Waals surface area contributed by atoms with Crippen LogP contribution in [0.3, 0.4) is 0 Å². The van der Waals surface area contributed by atoms with E-state index in [1.165, 1.54) is 17.0 Å². The van der Waals surface area contributed by atoms with E-state index in [4.69, 9.17) is 16.6 Å². The molecule has 4 rings (SSSR count). The molecule has 1 N–H and O–H groups in total. The third kappa shape index (κ3) is 6.33. The average molecular weight is 606 g/mol. The van der Waals surface area contributed by atoms with Gasteiger partial charge in [0.25, 0.3) is 0 Å². The van der Waals surface area contributed by atoms with Crippen LogP contribution in [0.1, 0.15) is 48.9 Å². The van der Waals surface area contributed by atoms with Gasteiger partial charge in [-0.25, -0.2) is 9.37 Å². The zero-order valence-corrected chi connectivity index (χ0v) is 25.9. The summed E-state index contributed by atoms with van der Waals surface area (Å²) < 4.78 is 15.0. The summed E-state index contributed by atoms with van der Waals surface area (Å²) in [5.41, 5.74) is 3.80. The fourth-order valence-electron chi connectivity index (χ4n) is 5.63. The SMILES string of the molecule is C=CC(=O)N1CCN(C(=NC)c2cc(Cl)c(-c3ccccc3F)nc2N(C=O)c2c(C)cc(CO)cc2C(C)C)C(C)C1. The number of pyridine rings is 1. The lowest BCUT2D eigenvalue weighted by Gasteiger charge is -2.41. The zero-order chi connectivity index (χ0) is 31.4. The van der Waals surface area contributed by atoms with Gasteiger partial charge in [-0.15, -0.1) is 0 Å². The van der Waals surface area contributed by atoms with E-state index in [9.17, 15) is 14.7 Å². The van der Waals surface area contributed by atoms with E-state index in [1.54, 1.807) is 36.2 Å². The number of amides is 2. The number of nitrogens with zero attached hydrogens (tertiary/aromatic N) is 5. The third-order valence-electron chi connectivity index (χ3n) is 7.69. The molecule has 0 radical (unpaired) electrons. The number of benzene rings is 2. The van der Waals surface area contributed by atoms with Crippen molar-refractivity contribution in [3.05, 3.63) is 88.2 Å². The van der Waals surface area contributed by atoms with E-state index in [2.05, 4.69) is 16.5 Å². The minimum atomic E-state index is -0.499. The smallest absolute Gasteiger partial charge is 0.246 e. The van der Waals surface area contributed by atoms with E-state index >= 15 is 4.39 Å². The minimum absolute atomic E-state index is 0.000696. The zero-order valence-electron chi connectivity index (χ0n) is 25.1. The van der Waals surface area contributed by atoms with Gasteiger partial charge in [-0.3, -0.25) is 19.5 Å². The summed E-state index contributed by atoms with van der Waals surface area (Å²) in [7, 11) is 1.65. The quantitative estimate of drug-likeness (QED) is 0.150. The number of hydrogen-bond acceptors (Lipinski definition) is 5. The number of aryl methyl sites for hydroxylation is 1. The molecule has 1 aliphatic heterocycles. The van der Waals surface area contributed by atoms with Crippen LogP contribution in [0.15, 0.2) is 60.1 Å². The predicted octanol–water partition coefficient (Wildman–Crippen LogP) is 5.85. The van der Waals surface area contributed by atoms with E-state index in [0.717, 1.165) is 16.7 Å². The van der Waals surface area contributed by atoms with E-state index in [1.807, 2.05) is 39.8 Å². The van der Waals surface area contributed by atoms with Gasteiger partial charge in [-0.1, -0.05) is 56.3 Å². The topological polar surface area (TPSA) is 89.3 Å². The van der Waals surface area contributed by atoms with Crippen molar-refractivity contribution in [2.45, 2.75) is 46.3 Å². The van der Waals surface area contributed by atoms with Crippen molar-refractivity contribution >= 4 is 41.3 Å². The number of carbonyl (C=O) groups is 2. The molecule has 3 aromatic rings. The molecular formula is C33H37ClFN5O3. The number of aliphatic hydroxyl groups excluding tert-OH is 1. The van der Waals surface area contributed by atoms with Gasteiger partial charge in [0.05, 0.1) is 28.6 Å². The van der Waals surface area contributed by atoms with Crippen LogP contribution in [0.5, 0.6) is 0 Å². The molecule has 1 atom stereocenters. The number of hydrogen-bond donors (Lipinski definition) is 1. The van der Waals surface area contributed by atoms with Gasteiger partial charge in [-0.2, -0.15) is 0 Å². The Hall–Kier alpha value is -4.08. The van der Waals surface area contributed by atoms with Gasteiger partial charge >= 0.3 is 0 Å². The van der Waals surface area contributed by atoms with Gasteiger partial charge in [-0.05, 0) is 60.7 Å². The highest BCUT2D eigenvalue weighted by molar-refractivity contribution is 6.33. The number of anilines is 2. The van der Waals surface area contributed by atoms with Crippen molar-refractivity contribution in [2.24, 2.45) is 4.99 Å². The van der Waals surface area contributed by atoms with Crippen molar-refractivity contribution in [3.63, 3.8) is 0 Å². The van der Waals surface area contributed by atoms with E-state index < -0.39 is 5.82 Å². The minimum Gasteiger partial charge on any atom is -0.392 e. The first-order valence-electron chi connectivity index (χ1n) is 14.2. The Labute approximate surface area is 257 Å². The van der Waals surface area contributed by atoms with E-state index in [0.29, 0.717) is 43.1 Å². The first-order chi connectivity index (χ1) is 20.6. The van der Waals surface area contributed by atoms with Crippen LogP contribution in [-0.2, 0) is 16.2 Å². The number of aliphatic hydroxyl groups is 1. The molecular weight excluding hydrogens is 569 g/mol. The van der Waals surface area contributed by atoms with Gasteiger partial charge in [0.15, 0.2) is 5.82 Å². The van der Waals surface area contributed by atoms with Crippen LogP contribution in [0, 0.1) is 12.7 Å². The predicted molar refractivity (Wildman–Crippen MR) is 169 cm³/mol. The van der Waals surface area contributed by atoms with Gasteiger partial charge in [0, 0.05) is 38.3 Å². The Kier molecular flexibility index (Phi) is 9.98. The Morgan fingerprint density at radius 2 is 2.00 bits per heavy atom. The van der Waals surface area contributed by atoms with Crippen molar-refractivity contribution in [2.75, 3.05) is 31.6 Å². The fraction of sp³-hybridized carbons (Fsp3) is 0.333. The summed E-state index contributed by atoms with van der Waals surface area (Å²) in [5.74, 6) is 0.123. The number of halogens is 2. The second-order valence-corrected chi connectivity index (χ2v) is 11.3. The molecule has 43 heavy (non-hydrogen) atoms. The maximum Gasteiger partial charge on any atom is 0.246 e. The fourth-order valence-corrected chi connectivity index (χ4v) is 5.88. The Bertz CT molecular complexity index is 1570. The van der Waals surface area contributed by atoms with Crippen LogP contribution in [-0.4, -0.2) is 70.8 Å². The molecule has 0 aliphatic carbocycles. The van der Waals surface area contributed by atoms with Gasteiger partial charge in [0.1, 0.15) is 11.7 Å². The second-order valence-electron chi connectivity index (χ2n) is 10.9. The normalized spacial score (nSPS) is 15.6. The van der Waals surface area contributed by atoms with Crippen LogP contribution < -0.4 is 4.90 Å². The number of rotatable bonds is 8. The highest BCUT2D eigenvalue weighted by atomic mass is 35.5. The molecule has 1 fully saturated rings. The number of amidine groups is 1. The standard InChI is InChI=1S/C33H37ClFN5O3/c1-7-29(43)38-12-13-39(22(5)17-38)32(36-6)26-16-27(34)30(24-10-8-9-11-28(24)35)37-33(26)40(19-42)31-21(4)14-23(18-41)15-25(31)20(2)3/h7-11,14-16,19-20,22,41H,1,12-13,17-18H2,2-6H3. The van der Waals surface area contributed by atoms with Crippen molar-refractivity contribution in [3.8, 4) is 11.3 Å². The Morgan fingerprint density at radius 3 is 2.58 bits per heavy atom. The molecule has 10 heteroatoms. The number of aliphatic imine (C=N–C) groups is 1. The first kappa shape index (κ1) is 31.8. The summed E-state index contributed by atoms with van der Waals surface area (Å²) in [6.45, 7) is 12.7. The molecule has 1 saturated heterocycles. The lowest BCUT2D eigenvalue weighted by atomic mass is 9.94. The van der Waals surface area contributed by atoms with Crippen LogP contribution >= 0.6 is 11.6 Å². The number of carbonyl (C=O) groups excluding carboxylic acids is 2. The van der Waals surface area contributed by atoms with Crippen LogP contribution in [0.4, 0.5) is 15.9 Å². The lowest BCUT2D eigenvalue weighted by molar-refractivity contribution is -0.128. The summed E-state index contributed by atoms with van der Waals surface area (Å²) in [5, 5.41) is 10.1. The van der Waals surface area contributed by atoms with Crippen molar-refractivity contribution < 1.29 is 19.1 Å². The first-order valence-corrected chi connectivity index (χ1v) is 14.5. The molecule has 8 nitrogen and oxygen atoms in total.